The summed E-state index contributed by atoms with van der Waals surface area (Å²) in [5.74, 6) is 0.743. The predicted octanol–water partition coefficient (Wildman–Crippen LogP) is 8.82. The number of hydrogen-bond donors (Lipinski definition) is 0. The van der Waals surface area contributed by atoms with Crippen LogP contribution in [0, 0.1) is 6.92 Å². The molecular weight excluding hydrogens is 503 g/mol. The van der Waals surface area contributed by atoms with Crippen LogP contribution in [0.2, 0.25) is 26.8 Å². The van der Waals surface area contributed by atoms with Gasteiger partial charge >= 0.3 is 0 Å². The zero-order valence-corrected chi connectivity index (χ0v) is 22.4. The zero-order chi connectivity index (χ0) is 22.4. The Morgan fingerprint density at radius 2 is 1.60 bits per heavy atom. The van der Waals surface area contributed by atoms with Gasteiger partial charge in [0, 0.05) is 5.56 Å². The SMILES string of the molecule is Cc1c(-c2c(Br)oc3ncnc(Cl)c23)ccc(O[Si](C(C)C)(C(C)C)C(C)C)c1Cl. The summed E-state index contributed by atoms with van der Waals surface area (Å²) in [6, 6.07) is 3.97. The average Bonchev–Trinajstić information content (AvgIpc) is 2.99. The first-order valence-electron chi connectivity index (χ1n) is 10.1. The van der Waals surface area contributed by atoms with E-state index < -0.39 is 8.32 Å². The minimum atomic E-state index is -2.12. The van der Waals surface area contributed by atoms with Crippen molar-refractivity contribution in [3.8, 4) is 16.9 Å². The maximum absolute atomic E-state index is 6.87. The van der Waals surface area contributed by atoms with Crippen molar-refractivity contribution in [3.63, 3.8) is 0 Å². The molecule has 0 N–H and O–H groups in total. The molecule has 30 heavy (non-hydrogen) atoms. The Labute approximate surface area is 197 Å². The van der Waals surface area contributed by atoms with Gasteiger partial charge in [-0.05, 0) is 56.7 Å². The standard InChI is InChI=1S/C22H27BrCl2N2O2Si/c1-11(2)30(12(3)4,13(5)6)29-16-9-8-15(14(7)19(16)24)17-18-21(25)26-10-27-22(18)28-20(17)23/h8-13H,1-7H3. The Morgan fingerprint density at radius 1 is 1.00 bits per heavy atom. The lowest BCUT2D eigenvalue weighted by Gasteiger charge is -2.42. The molecule has 0 spiro atoms. The van der Waals surface area contributed by atoms with Gasteiger partial charge in [-0.1, -0.05) is 70.8 Å². The molecule has 0 aliphatic carbocycles. The lowest BCUT2D eigenvalue weighted by molar-refractivity contribution is 0.480. The van der Waals surface area contributed by atoms with Crippen LogP contribution in [0.4, 0.5) is 0 Å². The number of benzene rings is 1. The van der Waals surface area contributed by atoms with Crippen molar-refractivity contribution in [2.45, 2.75) is 65.1 Å². The van der Waals surface area contributed by atoms with E-state index in [1.807, 2.05) is 19.1 Å². The van der Waals surface area contributed by atoms with Gasteiger partial charge in [0.05, 0.1) is 10.4 Å². The van der Waals surface area contributed by atoms with Gasteiger partial charge in [-0.15, -0.1) is 0 Å². The van der Waals surface area contributed by atoms with Gasteiger partial charge in [0.25, 0.3) is 8.32 Å². The average molecular weight is 530 g/mol. The molecule has 0 amide bonds. The molecule has 0 radical (unpaired) electrons. The number of aromatic nitrogens is 2. The van der Waals surface area contributed by atoms with Crippen LogP contribution >= 0.6 is 39.1 Å². The van der Waals surface area contributed by atoms with Crippen molar-refractivity contribution in [2.24, 2.45) is 0 Å². The molecule has 3 rings (SSSR count). The zero-order valence-electron chi connectivity index (χ0n) is 18.3. The molecule has 2 heterocycles. The van der Waals surface area contributed by atoms with E-state index in [0.29, 0.717) is 42.6 Å². The number of furan rings is 1. The van der Waals surface area contributed by atoms with Crippen molar-refractivity contribution in [1.82, 2.24) is 9.97 Å². The maximum atomic E-state index is 6.87. The van der Waals surface area contributed by atoms with Gasteiger partial charge in [0.1, 0.15) is 17.2 Å². The van der Waals surface area contributed by atoms with E-state index in [4.69, 9.17) is 32.0 Å². The molecule has 162 valence electrons. The summed E-state index contributed by atoms with van der Waals surface area (Å²) in [5.41, 5.74) is 4.39. The molecule has 8 heteroatoms. The third kappa shape index (κ3) is 3.81. The second-order valence-electron chi connectivity index (χ2n) is 8.57. The monoisotopic (exact) mass is 528 g/mol. The molecule has 0 saturated carbocycles. The van der Waals surface area contributed by atoms with Crippen LogP contribution in [0.1, 0.15) is 47.1 Å². The Kier molecular flexibility index (Phi) is 6.92. The summed E-state index contributed by atoms with van der Waals surface area (Å²) < 4.78 is 13.1. The number of halogens is 3. The lowest BCUT2D eigenvalue weighted by atomic mass is 10.0. The van der Waals surface area contributed by atoms with Gasteiger partial charge in [0.2, 0.25) is 5.71 Å². The largest absolute Gasteiger partial charge is 0.542 e. The molecule has 2 aromatic heterocycles. The van der Waals surface area contributed by atoms with E-state index in [1.54, 1.807) is 0 Å². The molecule has 0 unspecified atom stereocenters. The Morgan fingerprint density at radius 3 is 2.17 bits per heavy atom. The first-order chi connectivity index (χ1) is 14.0. The van der Waals surface area contributed by atoms with E-state index in [2.05, 4.69) is 67.4 Å². The molecule has 0 fully saturated rings. The van der Waals surface area contributed by atoms with Crippen molar-refractivity contribution in [2.75, 3.05) is 0 Å². The summed E-state index contributed by atoms with van der Waals surface area (Å²) in [5, 5.41) is 1.61. The lowest BCUT2D eigenvalue weighted by Crippen LogP contribution is -2.50. The smallest absolute Gasteiger partial charge is 0.258 e. The maximum Gasteiger partial charge on any atom is 0.258 e. The van der Waals surface area contributed by atoms with E-state index in [1.165, 1.54) is 6.33 Å². The highest BCUT2D eigenvalue weighted by Gasteiger charge is 2.47. The molecule has 0 saturated heterocycles. The summed E-state index contributed by atoms with van der Waals surface area (Å²) in [7, 11) is -2.12. The van der Waals surface area contributed by atoms with Gasteiger partial charge in [-0.3, -0.25) is 0 Å². The number of rotatable bonds is 6. The molecule has 4 nitrogen and oxygen atoms in total. The summed E-state index contributed by atoms with van der Waals surface area (Å²) in [6.45, 7) is 15.6. The van der Waals surface area contributed by atoms with Crippen molar-refractivity contribution < 1.29 is 8.84 Å². The number of nitrogens with zero attached hydrogens (tertiary/aromatic N) is 2. The fourth-order valence-electron chi connectivity index (χ4n) is 4.67. The second-order valence-corrected chi connectivity index (χ2v) is 15.4. The molecule has 0 aliphatic rings. The highest BCUT2D eigenvalue weighted by atomic mass is 79.9. The Balaban J connectivity index is 2.16. The van der Waals surface area contributed by atoms with Crippen LogP contribution in [0.3, 0.4) is 0 Å². The fraction of sp³-hybridized carbons (Fsp3) is 0.455. The summed E-state index contributed by atoms with van der Waals surface area (Å²) >= 11 is 16.7. The van der Waals surface area contributed by atoms with Gasteiger partial charge in [-0.2, -0.15) is 0 Å². The molecule has 0 atom stereocenters. The minimum absolute atomic E-state index is 0.339. The van der Waals surface area contributed by atoms with E-state index in [9.17, 15) is 0 Å². The molecule has 0 aliphatic heterocycles. The van der Waals surface area contributed by atoms with Gasteiger partial charge in [-0.25, -0.2) is 9.97 Å². The van der Waals surface area contributed by atoms with Crippen LogP contribution in [0.25, 0.3) is 22.2 Å². The summed E-state index contributed by atoms with van der Waals surface area (Å²) in [4.78, 5) is 8.29. The van der Waals surface area contributed by atoms with Crippen molar-refractivity contribution in [3.05, 3.63) is 38.9 Å². The van der Waals surface area contributed by atoms with E-state index in [0.717, 1.165) is 22.4 Å². The fourth-order valence-corrected chi connectivity index (χ4v) is 11.0. The topological polar surface area (TPSA) is 48.2 Å². The molecular formula is C22H27BrCl2N2O2Si. The van der Waals surface area contributed by atoms with Crippen molar-refractivity contribution >= 4 is 58.5 Å². The highest BCUT2D eigenvalue weighted by molar-refractivity contribution is 9.10. The first-order valence-corrected chi connectivity index (χ1v) is 13.8. The van der Waals surface area contributed by atoms with Crippen molar-refractivity contribution in [1.29, 1.82) is 0 Å². The molecule has 0 bridgehead atoms. The molecule has 3 aromatic rings. The summed E-state index contributed by atoms with van der Waals surface area (Å²) in [6.07, 6.45) is 1.38. The van der Waals surface area contributed by atoms with Crippen LogP contribution in [-0.4, -0.2) is 18.3 Å². The third-order valence-corrected chi connectivity index (χ3v) is 13.3. The Bertz CT molecular complexity index is 1060. The van der Waals surface area contributed by atoms with E-state index in [-0.39, 0.29) is 0 Å². The minimum Gasteiger partial charge on any atom is -0.542 e. The quantitative estimate of drug-likeness (QED) is 0.236. The van der Waals surface area contributed by atoms with Gasteiger partial charge < -0.3 is 8.84 Å². The van der Waals surface area contributed by atoms with E-state index >= 15 is 0 Å². The third-order valence-electron chi connectivity index (χ3n) is 6.01. The van der Waals surface area contributed by atoms with Crippen LogP contribution < -0.4 is 4.43 Å². The Hall–Kier alpha value is -1.08. The van der Waals surface area contributed by atoms with Crippen LogP contribution in [0.15, 0.2) is 27.5 Å². The van der Waals surface area contributed by atoms with Crippen LogP contribution in [-0.2, 0) is 0 Å². The molecule has 1 aromatic carbocycles. The number of fused-ring (bicyclic) bond motifs is 1. The van der Waals surface area contributed by atoms with Crippen LogP contribution in [0.5, 0.6) is 5.75 Å². The normalized spacial score (nSPS) is 12.6. The highest BCUT2D eigenvalue weighted by Crippen LogP contribution is 2.47. The second kappa shape index (κ2) is 8.81. The van der Waals surface area contributed by atoms with Gasteiger partial charge in [0.15, 0.2) is 4.67 Å². The first kappa shape index (κ1) is 23.6. The predicted molar refractivity (Wildman–Crippen MR) is 131 cm³/mol. The number of hydrogen-bond acceptors (Lipinski definition) is 4.